The fourth-order valence-corrected chi connectivity index (χ4v) is 6.14. The molecule has 4 rings (SSSR count). The van der Waals surface area contributed by atoms with Crippen LogP contribution in [0.15, 0.2) is 84.1 Å². The first-order valence-electron chi connectivity index (χ1n) is 14.8. The Morgan fingerprint density at radius 3 is 2.09 bits per heavy atom. The molecule has 10 nitrogen and oxygen atoms in total. The fraction of sp³-hybridized carbons (Fsp3) is 0.364. The zero-order valence-electron chi connectivity index (χ0n) is 25.2. The highest BCUT2D eigenvalue weighted by Crippen LogP contribution is 2.22. The molecule has 0 bridgehead atoms. The molecule has 2 aromatic carbocycles. The Kier molecular flexibility index (Phi) is 13.5. The number of aromatic nitrogens is 2. The highest BCUT2D eigenvalue weighted by atomic mass is 32.1. The second-order valence-corrected chi connectivity index (χ2v) is 12.8. The molecule has 0 unspecified atom stereocenters. The van der Waals surface area contributed by atoms with Crippen molar-refractivity contribution in [2.45, 2.75) is 57.3 Å². The average molecular weight is 650 g/mol. The van der Waals surface area contributed by atoms with Gasteiger partial charge in [0.2, 0.25) is 0 Å². The maximum atomic E-state index is 13.5. The van der Waals surface area contributed by atoms with E-state index < -0.39 is 24.8 Å². The molecule has 2 heterocycles. The molecule has 4 aromatic rings. The van der Waals surface area contributed by atoms with Crippen LogP contribution < -0.4 is 10.6 Å². The summed E-state index contributed by atoms with van der Waals surface area (Å²) in [4.78, 5) is 50.3. The third kappa shape index (κ3) is 11.7. The van der Waals surface area contributed by atoms with Gasteiger partial charge in [0, 0.05) is 36.8 Å². The van der Waals surface area contributed by atoms with Crippen LogP contribution in [0.25, 0.3) is 0 Å². The summed E-state index contributed by atoms with van der Waals surface area (Å²) in [5.41, 5.74) is 5.54. The second kappa shape index (κ2) is 18.0. The number of carbonyl (C=O) groups is 3. The molecule has 0 fully saturated rings. The van der Waals surface area contributed by atoms with Gasteiger partial charge in [-0.1, -0.05) is 60.7 Å². The zero-order chi connectivity index (χ0) is 31.9. The minimum absolute atomic E-state index is 0.0888. The number of thiazole rings is 2. The molecule has 238 valence electrons. The van der Waals surface area contributed by atoms with Crippen molar-refractivity contribution >= 4 is 40.6 Å². The smallest absolute Gasteiger partial charge is 0.407 e. The number of urea groups is 1. The molecule has 0 aliphatic rings. The standard InChI is InChI=1S/C33H39N5O5S2/c1-38(19-28-17-34-22-44-28)32(41)37-30(20-39)31(40)16-26(14-24-8-4-2-5-9-24)12-13-27(15-25-10-6-3-7-11-25)36-33(42)43-21-29-18-35-23-45-29/h2-11,17-18,22-23,26-27,30,39H,12-16,19-21H2,1H3,(H,36,42)(H,37,41)/t26-,27-,30+/m1/s1. The number of nitrogens with one attached hydrogen (secondary N) is 2. The van der Waals surface area contributed by atoms with E-state index in [9.17, 15) is 19.5 Å². The van der Waals surface area contributed by atoms with Crippen molar-refractivity contribution in [3.05, 3.63) is 105 Å². The molecule has 2 aromatic heterocycles. The molecule has 0 spiro atoms. The summed E-state index contributed by atoms with van der Waals surface area (Å²) < 4.78 is 5.45. The van der Waals surface area contributed by atoms with Crippen molar-refractivity contribution in [1.29, 1.82) is 0 Å². The molecule has 0 aliphatic heterocycles. The summed E-state index contributed by atoms with van der Waals surface area (Å²) in [5.74, 6) is -0.330. The third-order valence-electron chi connectivity index (χ3n) is 7.35. The van der Waals surface area contributed by atoms with Crippen LogP contribution in [0, 0.1) is 5.92 Å². The Bertz CT molecular complexity index is 1440. The lowest BCUT2D eigenvalue weighted by Gasteiger charge is -2.25. The molecule has 0 saturated carbocycles. The van der Waals surface area contributed by atoms with Crippen LogP contribution in [0.3, 0.4) is 0 Å². The Hall–Kier alpha value is -4.13. The molecule has 45 heavy (non-hydrogen) atoms. The van der Waals surface area contributed by atoms with Gasteiger partial charge >= 0.3 is 12.1 Å². The quantitative estimate of drug-likeness (QED) is 0.143. The summed E-state index contributed by atoms with van der Waals surface area (Å²) in [6, 6.07) is 18.1. The highest BCUT2D eigenvalue weighted by molar-refractivity contribution is 7.09. The van der Waals surface area contributed by atoms with Gasteiger partial charge in [0.25, 0.3) is 0 Å². The van der Waals surface area contributed by atoms with Crippen molar-refractivity contribution in [3.63, 3.8) is 0 Å². The summed E-state index contributed by atoms with van der Waals surface area (Å²) in [7, 11) is 1.63. The number of alkyl carbamates (subject to hydrolysis) is 1. The van der Waals surface area contributed by atoms with E-state index in [1.807, 2.05) is 60.7 Å². The van der Waals surface area contributed by atoms with Crippen molar-refractivity contribution in [2.24, 2.45) is 5.92 Å². The van der Waals surface area contributed by atoms with Gasteiger partial charge in [0.15, 0.2) is 5.78 Å². The van der Waals surface area contributed by atoms with Gasteiger partial charge in [0.05, 0.1) is 29.0 Å². The number of amides is 3. The lowest BCUT2D eigenvalue weighted by atomic mass is 9.86. The number of carbonyl (C=O) groups excluding carboxylic acids is 3. The summed E-state index contributed by atoms with van der Waals surface area (Å²) in [6.07, 6.45) is 5.48. The predicted molar refractivity (Wildman–Crippen MR) is 175 cm³/mol. The van der Waals surface area contributed by atoms with Crippen LogP contribution in [-0.2, 0) is 35.5 Å². The summed E-state index contributed by atoms with van der Waals surface area (Å²) in [5, 5.41) is 15.8. The predicted octanol–water partition coefficient (Wildman–Crippen LogP) is 5.24. The molecule has 0 aliphatic carbocycles. The van der Waals surface area contributed by atoms with E-state index in [2.05, 4.69) is 20.6 Å². The molecular weight excluding hydrogens is 611 g/mol. The highest BCUT2D eigenvalue weighted by Gasteiger charge is 2.26. The van der Waals surface area contributed by atoms with Gasteiger partial charge in [-0.2, -0.15) is 0 Å². The number of hydrogen-bond acceptors (Lipinski definition) is 9. The van der Waals surface area contributed by atoms with Crippen LogP contribution in [0.1, 0.15) is 40.1 Å². The first kappa shape index (κ1) is 33.8. The Balaban J connectivity index is 1.40. The largest absolute Gasteiger partial charge is 0.444 e. The number of rotatable bonds is 17. The number of benzene rings is 2. The maximum Gasteiger partial charge on any atom is 0.407 e. The lowest BCUT2D eigenvalue weighted by molar-refractivity contribution is -0.122. The molecule has 0 radical (unpaired) electrons. The van der Waals surface area contributed by atoms with Crippen molar-refractivity contribution in [2.75, 3.05) is 13.7 Å². The Morgan fingerprint density at radius 1 is 0.867 bits per heavy atom. The minimum atomic E-state index is -1.03. The van der Waals surface area contributed by atoms with Gasteiger partial charge in [-0.15, -0.1) is 22.7 Å². The number of nitrogens with zero attached hydrogens (tertiary/aromatic N) is 3. The van der Waals surface area contributed by atoms with Gasteiger partial charge in [-0.25, -0.2) is 9.59 Å². The molecule has 3 N–H and O–H groups in total. The zero-order valence-corrected chi connectivity index (χ0v) is 26.8. The first-order chi connectivity index (χ1) is 21.9. The number of Topliss-reactive ketones (excluding diaryl/α,β-unsaturated/α-hetero) is 1. The molecule has 0 saturated heterocycles. The number of aliphatic hydroxyl groups excluding tert-OH is 1. The summed E-state index contributed by atoms with van der Waals surface area (Å²) >= 11 is 2.86. The van der Waals surface area contributed by atoms with Gasteiger partial charge < -0.3 is 25.4 Å². The van der Waals surface area contributed by atoms with E-state index in [0.717, 1.165) is 20.9 Å². The van der Waals surface area contributed by atoms with Crippen molar-refractivity contribution in [3.8, 4) is 0 Å². The second-order valence-electron chi connectivity index (χ2n) is 10.9. The van der Waals surface area contributed by atoms with E-state index in [0.29, 0.717) is 32.2 Å². The SMILES string of the molecule is CN(Cc1cncs1)C(=O)N[C@@H](CO)C(=O)C[C@H](CC[C@H](Cc1ccccc1)NC(=O)OCc1cncs1)Cc1ccccc1. The third-order valence-corrected chi connectivity index (χ3v) is 8.87. The molecule has 3 atom stereocenters. The molecule has 3 amide bonds. The van der Waals surface area contributed by atoms with E-state index in [4.69, 9.17) is 4.74 Å². The average Bonchev–Trinajstić information content (AvgIpc) is 3.77. The van der Waals surface area contributed by atoms with E-state index >= 15 is 0 Å². The number of ketones is 1. The number of ether oxygens (including phenoxy) is 1. The maximum absolute atomic E-state index is 13.5. The first-order valence-corrected chi connectivity index (χ1v) is 16.6. The normalized spacial score (nSPS) is 12.9. The van der Waals surface area contributed by atoms with Crippen molar-refractivity contribution in [1.82, 2.24) is 25.5 Å². The molecule has 12 heteroatoms. The van der Waals surface area contributed by atoms with E-state index in [1.54, 1.807) is 30.5 Å². The van der Waals surface area contributed by atoms with Crippen LogP contribution in [0.5, 0.6) is 0 Å². The molecular formula is C33H39N5O5S2. The van der Waals surface area contributed by atoms with Crippen LogP contribution in [-0.4, -0.2) is 63.6 Å². The summed E-state index contributed by atoms with van der Waals surface area (Å²) in [6.45, 7) is -0.00387. The van der Waals surface area contributed by atoms with Crippen LogP contribution in [0.2, 0.25) is 0 Å². The van der Waals surface area contributed by atoms with Gasteiger partial charge in [0.1, 0.15) is 12.6 Å². The number of hydrogen-bond donors (Lipinski definition) is 3. The fourth-order valence-electron chi connectivity index (χ4n) is 4.98. The monoisotopic (exact) mass is 649 g/mol. The van der Waals surface area contributed by atoms with E-state index in [1.165, 1.54) is 27.6 Å². The van der Waals surface area contributed by atoms with Crippen molar-refractivity contribution < 1.29 is 24.2 Å². The van der Waals surface area contributed by atoms with Gasteiger partial charge in [-0.05, 0) is 42.7 Å². The van der Waals surface area contributed by atoms with Crippen LogP contribution in [0.4, 0.5) is 9.59 Å². The minimum Gasteiger partial charge on any atom is -0.444 e. The lowest BCUT2D eigenvalue weighted by Crippen LogP contribution is -2.48. The topological polar surface area (TPSA) is 134 Å². The Morgan fingerprint density at radius 2 is 1.49 bits per heavy atom. The Labute approximate surface area is 271 Å². The van der Waals surface area contributed by atoms with E-state index in [-0.39, 0.29) is 30.8 Å². The van der Waals surface area contributed by atoms with Gasteiger partial charge in [-0.3, -0.25) is 14.8 Å². The van der Waals surface area contributed by atoms with Crippen LogP contribution >= 0.6 is 22.7 Å². The number of aliphatic hydroxyl groups is 1.